The average molecular weight is 301 g/mol. The second-order valence-corrected chi connectivity index (χ2v) is 4.91. The lowest BCUT2D eigenvalue weighted by Crippen LogP contribution is -2.09. The van der Waals surface area contributed by atoms with Gasteiger partial charge in [0.25, 0.3) is 0 Å². The Kier molecular flexibility index (Phi) is 5.01. The number of aromatic hydroxyl groups is 1. The van der Waals surface area contributed by atoms with Crippen LogP contribution in [0.4, 0.5) is 5.69 Å². The zero-order chi connectivity index (χ0) is 15.2. The van der Waals surface area contributed by atoms with Crippen molar-refractivity contribution in [2.75, 3.05) is 12.4 Å². The van der Waals surface area contributed by atoms with Crippen molar-refractivity contribution in [2.45, 2.75) is 6.92 Å². The first-order valence-electron chi connectivity index (χ1n) is 6.59. The summed E-state index contributed by atoms with van der Waals surface area (Å²) in [4.78, 5) is 4.27. The fourth-order valence-electron chi connectivity index (χ4n) is 1.98. The molecule has 1 aromatic carbocycles. The normalized spacial score (nSPS) is 19.0. The van der Waals surface area contributed by atoms with E-state index in [0.29, 0.717) is 5.03 Å². The predicted molar refractivity (Wildman–Crippen MR) is 90.0 cm³/mol. The van der Waals surface area contributed by atoms with Gasteiger partial charge in [-0.2, -0.15) is 0 Å². The Morgan fingerprint density at radius 1 is 1.24 bits per heavy atom. The molecule has 0 saturated carbocycles. The molecule has 1 aliphatic carbocycles. The average Bonchev–Trinajstić information content (AvgIpc) is 2.49. The minimum absolute atomic E-state index is 0.240. The van der Waals surface area contributed by atoms with E-state index in [2.05, 4.69) is 10.3 Å². The van der Waals surface area contributed by atoms with Crippen LogP contribution < -0.4 is 5.32 Å². The largest absolute Gasteiger partial charge is 0.508 e. The van der Waals surface area contributed by atoms with Crippen molar-refractivity contribution in [3.05, 3.63) is 70.9 Å². The van der Waals surface area contributed by atoms with Crippen LogP contribution in [0.2, 0.25) is 0 Å². The second-order valence-electron chi connectivity index (χ2n) is 4.47. The number of nitrogens with zero attached hydrogens (tertiary/aromatic N) is 1. The molecule has 4 heteroatoms. The van der Waals surface area contributed by atoms with Gasteiger partial charge in [-0.15, -0.1) is 0 Å². The zero-order valence-corrected chi connectivity index (χ0v) is 12.7. The molecule has 0 bridgehead atoms. The summed E-state index contributed by atoms with van der Waals surface area (Å²) in [6.45, 7) is 1.96. The summed E-state index contributed by atoms with van der Waals surface area (Å²) in [7, 11) is 1.74. The highest BCUT2D eigenvalue weighted by Gasteiger charge is 2.11. The van der Waals surface area contributed by atoms with Gasteiger partial charge in [0.2, 0.25) is 0 Å². The van der Waals surface area contributed by atoms with Gasteiger partial charge in [-0.3, -0.25) is 4.99 Å². The summed E-state index contributed by atoms with van der Waals surface area (Å²) in [5.41, 5.74) is 3.59. The first kappa shape index (κ1) is 15.1. The molecule has 0 spiro atoms. The van der Waals surface area contributed by atoms with Gasteiger partial charge in [-0.25, -0.2) is 0 Å². The monoisotopic (exact) mass is 300 g/mol. The molecule has 0 saturated heterocycles. The molecule has 3 nitrogen and oxygen atoms in total. The maximum atomic E-state index is 9.35. The lowest BCUT2D eigenvalue weighted by Gasteiger charge is -2.15. The van der Waals surface area contributed by atoms with E-state index in [1.54, 1.807) is 19.2 Å². The summed E-state index contributed by atoms with van der Waals surface area (Å²) in [5.74, 6) is 0.240. The number of halogens is 1. The number of nitrogens with one attached hydrogen (secondary N) is 1. The lowest BCUT2D eigenvalue weighted by atomic mass is 10.0. The van der Waals surface area contributed by atoms with Crippen molar-refractivity contribution in [1.82, 2.24) is 0 Å². The Hall–Kier alpha value is -2.26. The van der Waals surface area contributed by atoms with Gasteiger partial charge in [-0.05, 0) is 55.5 Å². The van der Waals surface area contributed by atoms with E-state index in [0.717, 1.165) is 22.7 Å². The topological polar surface area (TPSA) is 44.6 Å². The molecule has 0 unspecified atom stereocenters. The van der Waals surface area contributed by atoms with Crippen LogP contribution >= 0.6 is 11.6 Å². The minimum Gasteiger partial charge on any atom is -0.508 e. The molecule has 0 atom stereocenters. The Balaban J connectivity index is 2.41. The van der Waals surface area contributed by atoms with Crippen LogP contribution in [-0.4, -0.2) is 17.9 Å². The number of rotatable bonds is 3. The molecule has 1 aromatic rings. The molecule has 0 aromatic heterocycles. The van der Waals surface area contributed by atoms with E-state index in [1.165, 1.54) is 0 Å². The highest BCUT2D eigenvalue weighted by Crippen LogP contribution is 2.23. The van der Waals surface area contributed by atoms with Crippen LogP contribution in [-0.2, 0) is 0 Å². The third-order valence-electron chi connectivity index (χ3n) is 2.97. The molecule has 0 fully saturated rings. The Bertz CT molecular complexity index is 665. The van der Waals surface area contributed by atoms with Crippen molar-refractivity contribution < 1.29 is 5.11 Å². The van der Waals surface area contributed by atoms with Crippen LogP contribution in [0.25, 0.3) is 0 Å². The maximum absolute atomic E-state index is 9.35. The van der Waals surface area contributed by atoms with Crippen molar-refractivity contribution in [2.24, 2.45) is 4.99 Å². The van der Waals surface area contributed by atoms with Crippen molar-refractivity contribution in [3.63, 3.8) is 0 Å². The van der Waals surface area contributed by atoms with Crippen molar-refractivity contribution >= 4 is 23.0 Å². The smallest absolute Gasteiger partial charge is 0.115 e. The van der Waals surface area contributed by atoms with Crippen LogP contribution in [0, 0.1) is 0 Å². The number of aliphatic imine (C=N–C) groups is 1. The fourth-order valence-corrected chi connectivity index (χ4v) is 2.15. The van der Waals surface area contributed by atoms with E-state index in [4.69, 9.17) is 11.6 Å². The quantitative estimate of drug-likeness (QED) is 0.813. The van der Waals surface area contributed by atoms with Gasteiger partial charge >= 0.3 is 0 Å². The van der Waals surface area contributed by atoms with Gasteiger partial charge in [0, 0.05) is 29.0 Å². The Morgan fingerprint density at radius 2 is 1.95 bits per heavy atom. The van der Waals surface area contributed by atoms with Crippen LogP contribution in [0.3, 0.4) is 0 Å². The number of hydrogen-bond acceptors (Lipinski definition) is 3. The molecule has 2 rings (SSSR count). The number of hydrogen-bond donors (Lipinski definition) is 2. The van der Waals surface area contributed by atoms with E-state index < -0.39 is 0 Å². The molecule has 0 radical (unpaired) electrons. The predicted octanol–water partition coefficient (Wildman–Crippen LogP) is 4.40. The van der Waals surface area contributed by atoms with Gasteiger partial charge in [0.05, 0.1) is 5.71 Å². The zero-order valence-electron chi connectivity index (χ0n) is 12.0. The van der Waals surface area contributed by atoms with Crippen molar-refractivity contribution in [1.29, 1.82) is 0 Å². The highest BCUT2D eigenvalue weighted by atomic mass is 35.5. The molecule has 21 heavy (non-hydrogen) atoms. The number of allylic oxidation sites excluding steroid dienone is 7. The molecule has 1 aliphatic rings. The van der Waals surface area contributed by atoms with Crippen LogP contribution in [0.1, 0.15) is 6.92 Å². The number of phenols is 1. The van der Waals surface area contributed by atoms with Gasteiger partial charge < -0.3 is 10.4 Å². The summed E-state index contributed by atoms with van der Waals surface area (Å²) < 4.78 is 0. The first-order valence-corrected chi connectivity index (χ1v) is 6.97. The molecule has 0 amide bonds. The maximum Gasteiger partial charge on any atom is 0.115 e. The molecule has 0 aliphatic heterocycles. The van der Waals surface area contributed by atoms with Gasteiger partial charge in [-0.1, -0.05) is 17.7 Å². The van der Waals surface area contributed by atoms with E-state index in [1.807, 2.05) is 49.4 Å². The molecule has 2 N–H and O–H groups in total. The van der Waals surface area contributed by atoms with E-state index >= 15 is 0 Å². The highest BCUT2D eigenvalue weighted by molar-refractivity contribution is 6.34. The summed E-state index contributed by atoms with van der Waals surface area (Å²) in [6.07, 6.45) is 9.54. The standard InChI is InChI=1S/C17H17ClN2O/c1-3-4-16(20-13-6-8-14(21)9-7-13)15-10-5-12(18)11-17(15)19-2/h3-11,20-21H,1-2H3/b4-3-,16-15+,19-17+. The third kappa shape index (κ3) is 3.86. The van der Waals surface area contributed by atoms with Gasteiger partial charge in [0.15, 0.2) is 0 Å². The van der Waals surface area contributed by atoms with Crippen molar-refractivity contribution in [3.8, 4) is 5.75 Å². The fraction of sp³-hybridized carbons (Fsp3) is 0.118. The van der Waals surface area contributed by atoms with E-state index in [9.17, 15) is 5.11 Å². The molecule has 0 heterocycles. The number of benzene rings is 1. The number of phenolic OH excluding ortho intramolecular Hbond substituents is 1. The van der Waals surface area contributed by atoms with E-state index in [-0.39, 0.29) is 5.75 Å². The third-order valence-corrected chi connectivity index (χ3v) is 3.21. The second kappa shape index (κ2) is 6.95. The lowest BCUT2D eigenvalue weighted by molar-refractivity contribution is 0.475. The van der Waals surface area contributed by atoms with Crippen LogP contribution in [0.15, 0.2) is 75.9 Å². The van der Waals surface area contributed by atoms with Gasteiger partial charge in [0.1, 0.15) is 5.75 Å². The summed E-state index contributed by atoms with van der Waals surface area (Å²) >= 11 is 6.02. The summed E-state index contributed by atoms with van der Waals surface area (Å²) in [5, 5.41) is 13.3. The Labute approximate surface area is 129 Å². The first-order chi connectivity index (χ1) is 10.1. The molecular weight excluding hydrogens is 284 g/mol. The van der Waals surface area contributed by atoms with Crippen LogP contribution in [0.5, 0.6) is 5.75 Å². The molecule has 108 valence electrons. The Morgan fingerprint density at radius 3 is 2.57 bits per heavy atom. The number of anilines is 1. The SMILES string of the molecule is C\C=C/C(Nc1ccc(O)cc1)=C1/C=CC(Cl)=C/C1=N\C. The summed E-state index contributed by atoms with van der Waals surface area (Å²) in [6, 6.07) is 6.92. The minimum atomic E-state index is 0.240. The molecular formula is C17H17ClN2O.